The number of hydrogen-bond acceptors (Lipinski definition) is 5. The van der Waals surface area contributed by atoms with Crippen molar-refractivity contribution >= 4 is 22.2 Å². The van der Waals surface area contributed by atoms with E-state index in [4.69, 9.17) is 10.7 Å². The molecule has 0 radical (unpaired) electrons. The molecule has 0 amide bonds. The molecular formula is C21H25N7. The molecule has 0 unspecified atom stereocenters. The number of nitrogens with two attached hydrogens (primary N) is 1. The zero-order chi connectivity index (χ0) is 19.1. The molecule has 1 fully saturated rings. The maximum Gasteiger partial charge on any atom is 0.153 e. The molecule has 7 nitrogen and oxygen atoms in total. The minimum atomic E-state index is 0.396. The molecule has 1 aromatic carbocycles. The Kier molecular flexibility index (Phi) is 4.24. The van der Waals surface area contributed by atoms with E-state index in [9.17, 15) is 0 Å². The number of rotatable bonds is 4. The lowest BCUT2D eigenvalue weighted by atomic mass is 9.81. The van der Waals surface area contributed by atoms with Gasteiger partial charge < -0.3 is 16.0 Å². The second-order valence-electron chi connectivity index (χ2n) is 7.77. The fraction of sp³-hybridized carbons (Fsp3) is 0.381. The van der Waals surface area contributed by atoms with Gasteiger partial charge in [-0.2, -0.15) is 5.10 Å². The number of fused-ring (bicyclic) bond motifs is 2. The molecule has 1 aliphatic carbocycles. The molecule has 3 aromatic heterocycles. The smallest absolute Gasteiger partial charge is 0.153 e. The quantitative estimate of drug-likeness (QED) is 0.508. The van der Waals surface area contributed by atoms with Crippen molar-refractivity contribution in [2.75, 3.05) is 19.3 Å². The van der Waals surface area contributed by atoms with Crippen LogP contribution in [0.1, 0.15) is 37.4 Å². The number of nitrogens with one attached hydrogen (secondary N) is 2. The summed E-state index contributed by atoms with van der Waals surface area (Å²) < 4.78 is 1.91. The van der Waals surface area contributed by atoms with Crippen LogP contribution in [0, 0.1) is 5.92 Å². The standard InChI is InChI=1S/C21H25N7/c1-23-11-13-6-8-14(9-7-13)21-27-18(19-20(22)24-12-25-28(19)21)17-10-15-4-2-3-5-16(15)26-17/h2-5,10,12-14,23,26H,6-9,11H2,1H3,(H2,22,24,25). The average Bonchev–Trinajstić information content (AvgIpc) is 3.31. The number of aromatic amines is 1. The first-order valence-electron chi connectivity index (χ1n) is 9.96. The highest BCUT2D eigenvalue weighted by Crippen LogP contribution is 2.38. The van der Waals surface area contributed by atoms with E-state index in [2.05, 4.69) is 38.6 Å². The summed E-state index contributed by atoms with van der Waals surface area (Å²) in [5, 5.41) is 8.97. The predicted molar refractivity (Wildman–Crippen MR) is 111 cm³/mol. The molecule has 28 heavy (non-hydrogen) atoms. The highest BCUT2D eigenvalue weighted by molar-refractivity contribution is 5.91. The Bertz CT molecular complexity index is 1090. The van der Waals surface area contributed by atoms with Crippen molar-refractivity contribution in [2.24, 2.45) is 5.92 Å². The van der Waals surface area contributed by atoms with Gasteiger partial charge in [0.25, 0.3) is 0 Å². The number of anilines is 1. The van der Waals surface area contributed by atoms with Crippen LogP contribution in [0.25, 0.3) is 27.8 Å². The Hall–Kier alpha value is -2.93. The molecule has 144 valence electrons. The van der Waals surface area contributed by atoms with E-state index in [0.717, 1.165) is 58.9 Å². The van der Waals surface area contributed by atoms with Crippen molar-refractivity contribution in [1.29, 1.82) is 0 Å². The third-order valence-corrected chi connectivity index (χ3v) is 5.98. The summed E-state index contributed by atoms with van der Waals surface area (Å²) in [4.78, 5) is 12.7. The second-order valence-corrected chi connectivity index (χ2v) is 7.77. The lowest BCUT2D eigenvalue weighted by Crippen LogP contribution is -2.24. The maximum absolute atomic E-state index is 6.26. The van der Waals surface area contributed by atoms with E-state index in [1.807, 2.05) is 23.7 Å². The van der Waals surface area contributed by atoms with Crippen molar-refractivity contribution in [3.8, 4) is 11.4 Å². The van der Waals surface area contributed by atoms with E-state index in [0.29, 0.717) is 11.7 Å². The van der Waals surface area contributed by atoms with Crippen LogP contribution in [0.5, 0.6) is 0 Å². The van der Waals surface area contributed by atoms with Gasteiger partial charge in [0, 0.05) is 16.8 Å². The van der Waals surface area contributed by atoms with Gasteiger partial charge in [0.1, 0.15) is 23.4 Å². The molecule has 0 spiro atoms. The van der Waals surface area contributed by atoms with Gasteiger partial charge in [-0.1, -0.05) is 18.2 Å². The Morgan fingerprint density at radius 3 is 2.82 bits per heavy atom. The summed E-state index contributed by atoms with van der Waals surface area (Å²) in [6, 6.07) is 10.4. The van der Waals surface area contributed by atoms with Crippen LogP contribution in [0.4, 0.5) is 5.82 Å². The van der Waals surface area contributed by atoms with Gasteiger partial charge in [-0.15, -0.1) is 0 Å². The molecule has 0 saturated heterocycles. The van der Waals surface area contributed by atoms with Crippen LogP contribution < -0.4 is 11.1 Å². The van der Waals surface area contributed by atoms with Crippen LogP contribution in [-0.2, 0) is 0 Å². The minimum absolute atomic E-state index is 0.396. The zero-order valence-corrected chi connectivity index (χ0v) is 16.0. The van der Waals surface area contributed by atoms with Crippen LogP contribution in [0.3, 0.4) is 0 Å². The molecule has 7 heteroatoms. The Morgan fingerprint density at radius 1 is 1.21 bits per heavy atom. The van der Waals surface area contributed by atoms with E-state index in [1.165, 1.54) is 19.2 Å². The number of aromatic nitrogens is 5. The molecule has 1 saturated carbocycles. The Labute approximate surface area is 163 Å². The summed E-state index contributed by atoms with van der Waals surface area (Å²) in [5.74, 6) is 2.61. The predicted octanol–water partition coefficient (Wildman–Crippen LogP) is 3.35. The van der Waals surface area contributed by atoms with E-state index in [1.54, 1.807) is 0 Å². The van der Waals surface area contributed by atoms with Gasteiger partial charge in [0.2, 0.25) is 0 Å². The average molecular weight is 375 g/mol. The van der Waals surface area contributed by atoms with Crippen LogP contribution in [0.2, 0.25) is 0 Å². The summed E-state index contributed by atoms with van der Waals surface area (Å²) in [7, 11) is 2.03. The number of para-hydroxylation sites is 1. The molecule has 0 atom stereocenters. The highest BCUT2D eigenvalue weighted by Gasteiger charge is 2.28. The largest absolute Gasteiger partial charge is 0.382 e. The lowest BCUT2D eigenvalue weighted by molar-refractivity contribution is 0.312. The molecule has 3 heterocycles. The van der Waals surface area contributed by atoms with Gasteiger partial charge >= 0.3 is 0 Å². The van der Waals surface area contributed by atoms with Crippen molar-refractivity contribution < 1.29 is 0 Å². The van der Waals surface area contributed by atoms with Gasteiger partial charge in [-0.25, -0.2) is 14.5 Å². The minimum Gasteiger partial charge on any atom is -0.382 e. The van der Waals surface area contributed by atoms with Crippen LogP contribution >= 0.6 is 0 Å². The van der Waals surface area contributed by atoms with Gasteiger partial charge in [0.15, 0.2) is 5.82 Å². The number of H-pyrrole nitrogens is 1. The summed E-state index contributed by atoms with van der Waals surface area (Å²) in [6.45, 7) is 1.09. The third kappa shape index (κ3) is 2.82. The highest BCUT2D eigenvalue weighted by atomic mass is 15.3. The van der Waals surface area contributed by atoms with Gasteiger partial charge in [-0.3, -0.25) is 0 Å². The zero-order valence-electron chi connectivity index (χ0n) is 16.0. The maximum atomic E-state index is 6.26. The van der Waals surface area contributed by atoms with Gasteiger partial charge in [0.05, 0.1) is 5.69 Å². The van der Waals surface area contributed by atoms with Gasteiger partial charge in [-0.05, 0) is 57.3 Å². The fourth-order valence-electron chi connectivity index (χ4n) is 4.54. The molecule has 4 N–H and O–H groups in total. The normalized spacial score (nSPS) is 20.2. The number of nitrogen functional groups attached to an aromatic ring is 1. The number of benzene rings is 1. The number of nitrogens with zero attached hydrogens (tertiary/aromatic N) is 4. The molecule has 0 aliphatic heterocycles. The molecule has 0 bridgehead atoms. The molecule has 5 rings (SSSR count). The second kappa shape index (κ2) is 6.91. The number of imidazole rings is 1. The summed E-state index contributed by atoms with van der Waals surface area (Å²) >= 11 is 0. The SMILES string of the molecule is CNCC1CCC(c2nc(-c3cc4ccccc4[nH]3)c3c(N)ncnn23)CC1. The summed E-state index contributed by atoms with van der Waals surface area (Å²) in [6.07, 6.45) is 6.20. The molecule has 4 aromatic rings. The Balaban J connectivity index is 1.59. The molecular weight excluding hydrogens is 350 g/mol. The first-order chi connectivity index (χ1) is 13.7. The number of hydrogen-bond donors (Lipinski definition) is 3. The fourth-order valence-corrected chi connectivity index (χ4v) is 4.54. The van der Waals surface area contributed by atoms with Crippen molar-refractivity contribution in [2.45, 2.75) is 31.6 Å². The van der Waals surface area contributed by atoms with Crippen molar-refractivity contribution in [1.82, 2.24) is 29.9 Å². The summed E-state index contributed by atoms with van der Waals surface area (Å²) in [5.41, 5.74) is 9.93. The first-order valence-corrected chi connectivity index (χ1v) is 9.96. The van der Waals surface area contributed by atoms with E-state index in [-0.39, 0.29) is 0 Å². The van der Waals surface area contributed by atoms with Crippen molar-refractivity contribution in [3.63, 3.8) is 0 Å². The lowest BCUT2D eigenvalue weighted by Gasteiger charge is -2.27. The van der Waals surface area contributed by atoms with E-state index < -0.39 is 0 Å². The monoisotopic (exact) mass is 375 g/mol. The first kappa shape index (κ1) is 17.2. The Morgan fingerprint density at radius 2 is 2.04 bits per heavy atom. The van der Waals surface area contributed by atoms with Crippen LogP contribution in [0.15, 0.2) is 36.7 Å². The topological polar surface area (TPSA) is 96.9 Å². The third-order valence-electron chi connectivity index (χ3n) is 5.98. The van der Waals surface area contributed by atoms with Crippen LogP contribution in [-0.4, -0.2) is 38.2 Å². The van der Waals surface area contributed by atoms with Crippen molar-refractivity contribution in [3.05, 3.63) is 42.5 Å². The molecule has 1 aliphatic rings. The van der Waals surface area contributed by atoms with E-state index >= 15 is 0 Å².